The van der Waals surface area contributed by atoms with Crippen molar-refractivity contribution < 1.29 is 9.53 Å². The minimum atomic E-state index is -0.00870. The fourth-order valence-corrected chi connectivity index (χ4v) is 1.50. The molecule has 0 atom stereocenters. The lowest BCUT2D eigenvalue weighted by atomic mass is 9.97. The normalized spacial score (nSPS) is 18.3. The van der Waals surface area contributed by atoms with Crippen molar-refractivity contribution in [1.29, 1.82) is 0 Å². The predicted octanol–water partition coefficient (Wildman–Crippen LogP) is 1.92. The minimum absolute atomic E-state index is 0.00870. The summed E-state index contributed by atoms with van der Waals surface area (Å²) in [5.41, 5.74) is 0. The summed E-state index contributed by atoms with van der Waals surface area (Å²) < 4.78 is 4.96. The van der Waals surface area contributed by atoms with Crippen molar-refractivity contribution in [3.63, 3.8) is 0 Å². The number of hydrogen-bond acceptors (Lipinski definition) is 3. The zero-order chi connectivity index (χ0) is 11.0. The van der Waals surface area contributed by atoms with E-state index in [4.69, 9.17) is 4.74 Å². The lowest BCUT2D eigenvalue weighted by molar-refractivity contribution is -0.149. The molecule has 0 aromatic rings. The van der Waals surface area contributed by atoms with Gasteiger partial charge in [0.15, 0.2) is 0 Å². The van der Waals surface area contributed by atoms with Crippen LogP contribution in [0.25, 0.3) is 0 Å². The Morgan fingerprint density at radius 1 is 1.36 bits per heavy atom. The molecule has 0 aliphatic carbocycles. The van der Waals surface area contributed by atoms with Crippen LogP contribution in [0.2, 0.25) is 0 Å². The zero-order valence-corrected chi connectivity index (χ0v) is 9.88. The molecule has 0 bridgehead atoms. The van der Waals surface area contributed by atoms with Gasteiger partial charge in [0.05, 0.1) is 12.5 Å². The number of likely N-dealkylation sites (tertiary alicyclic amines) is 1. The number of hydrogen-bond donors (Lipinski definition) is 0. The molecule has 1 aliphatic heterocycles. The van der Waals surface area contributed by atoms with Gasteiger partial charge in [0.2, 0.25) is 0 Å². The SMILES string of the molecule is CC.CCOC(=O)C1CCN(C)CC1. The lowest BCUT2D eigenvalue weighted by Gasteiger charge is -2.27. The molecular formula is C11H23NO2. The minimum Gasteiger partial charge on any atom is -0.466 e. The highest BCUT2D eigenvalue weighted by molar-refractivity contribution is 5.72. The summed E-state index contributed by atoms with van der Waals surface area (Å²) in [5.74, 6) is 0.145. The number of ether oxygens (including phenoxy) is 1. The Morgan fingerprint density at radius 3 is 2.29 bits per heavy atom. The monoisotopic (exact) mass is 201 g/mol. The second kappa shape index (κ2) is 7.80. The molecule has 1 aliphatic rings. The number of esters is 1. The van der Waals surface area contributed by atoms with Gasteiger partial charge in [0.25, 0.3) is 0 Å². The van der Waals surface area contributed by atoms with Crippen LogP contribution in [0, 0.1) is 5.92 Å². The van der Waals surface area contributed by atoms with E-state index in [1.165, 1.54) is 0 Å². The highest BCUT2D eigenvalue weighted by Crippen LogP contribution is 2.16. The summed E-state index contributed by atoms with van der Waals surface area (Å²) >= 11 is 0. The first kappa shape index (κ1) is 13.4. The fourth-order valence-electron chi connectivity index (χ4n) is 1.50. The number of carbonyl (C=O) groups excluding carboxylic acids is 1. The van der Waals surface area contributed by atoms with Gasteiger partial charge in [-0.15, -0.1) is 0 Å². The van der Waals surface area contributed by atoms with Crippen molar-refractivity contribution in [1.82, 2.24) is 4.90 Å². The first-order chi connectivity index (χ1) is 6.74. The van der Waals surface area contributed by atoms with Crippen LogP contribution >= 0.6 is 0 Å². The Hall–Kier alpha value is -0.570. The van der Waals surface area contributed by atoms with Crippen LogP contribution in [0.3, 0.4) is 0 Å². The summed E-state index contributed by atoms with van der Waals surface area (Å²) in [6.07, 6.45) is 1.91. The van der Waals surface area contributed by atoms with Crippen molar-refractivity contribution in [2.24, 2.45) is 5.92 Å². The highest BCUT2D eigenvalue weighted by Gasteiger charge is 2.23. The van der Waals surface area contributed by atoms with Gasteiger partial charge in [-0.1, -0.05) is 13.8 Å². The molecule has 0 unspecified atom stereocenters. The average Bonchev–Trinajstić information content (AvgIpc) is 2.22. The maximum absolute atomic E-state index is 11.3. The van der Waals surface area contributed by atoms with Gasteiger partial charge in [-0.3, -0.25) is 4.79 Å². The molecule has 3 nitrogen and oxygen atoms in total. The molecule has 1 saturated heterocycles. The van der Waals surface area contributed by atoms with Crippen LogP contribution in [0.15, 0.2) is 0 Å². The van der Waals surface area contributed by atoms with Gasteiger partial charge in [-0.2, -0.15) is 0 Å². The quantitative estimate of drug-likeness (QED) is 0.639. The number of nitrogens with zero attached hydrogens (tertiary/aromatic N) is 1. The fraction of sp³-hybridized carbons (Fsp3) is 0.909. The van der Waals surface area contributed by atoms with Crippen LogP contribution < -0.4 is 0 Å². The van der Waals surface area contributed by atoms with E-state index in [2.05, 4.69) is 11.9 Å². The predicted molar refractivity (Wildman–Crippen MR) is 58.2 cm³/mol. The van der Waals surface area contributed by atoms with Crippen molar-refractivity contribution >= 4 is 5.97 Å². The molecule has 1 rings (SSSR count). The second-order valence-electron chi connectivity index (χ2n) is 3.33. The first-order valence-electron chi connectivity index (χ1n) is 5.59. The number of rotatable bonds is 2. The Labute approximate surface area is 87.4 Å². The van der Waals surface area contributed by atoms with Crippen LogP contribution in [0.1, 0.15) is 33.6 Å². The maximum Gasteiger partial charge on any atom is 0.309 e. The lowest BCUT2D eigenvalue weighted by Crippen LogP contribution is -2.34. The summed E-state index contributed by atoms with van der Waals surface area (Å²) in [7, 11) is 2.08. The summed E-state index contributed by atoms with van der Waals surface area (Å²) in [6, 6.07) is 0. The molecule has 14 heavy (non-hydrogen) atoms. The van der Waals surface area contributed by atoms with Crippen molar-refractivity contribution in [2.75, 3.05) is 26.7 Å². The number of piperidine rings is 1. The van der Waals surface area contributed by atoms with Gasteiger partial charge >= 0.3 is 5.97 Å². The van der Waals surface area contributed by atoms with Gasteiger partial charge in [-0.05, 0) is 39.9 Å². The third kappa shape index (κ3) is 4.61. The molecule has 84 valence electrons. The van der Waals surface area contributed by atoms with E-state index in [9.17, 15) is 4.79 Å². The van der Waals surface area contributed by atoms with E-state index < -0.39 is 0 Å². The van der Waals surface area contributed by atoms with Crippen molar-refractivity contribution in [3.8, 4) is 0 Å². The van der Waals surface area contributed by atoms with Crippen LogP contribution in [-0.2, 0) is 9.53 Å². The molecular weight excluding hydrogens is 178 g/mol. The maximum atomic E-state index is 11.3. The van der Waals surface area contributed by atoms with Crippen LogP contribution in [0.5, 0.6) is 0 Å². The molecule has 0 aromatic carbocycles. The van der Waals surface area contributed by atoms with Crippen LogP contribution in [-0.4, -0.2) is 37.6 Å². The van der Waals surface area contributed by atoms with E-state index >= 15 is 0 Å². The largest absolute Gasteiger partial charge is 0.466 e. The van der Waals surface area contributed by atoms with E-state index in [1.54, 1.807) is 0 Å². The standard InChI is InChI=1S/C9H17NO2.C2H6/c1-3-12-9(11)8-4-6-10(2)7-5-8;1-2/h8H,3-7H2,1-2H3;1-2H3. The smallest absolute Gasteiger partial charge is 0.309 e. The third-order valence-corrected chi connectivity index (χ3v) is 2.34. The summed E-state index contributed by atoms with van der Waals surface area (Å²) in [5, 5.41) is 0. The van der Waals surface area contributed by atoms with Crippen molar-refractivity contribution in [3.05, 3.63) is 0 Å². The summed E-state index contributed by atoms with van der Waals surface area (Å²) in [6.45, 7) is 8.39. The molecule has 3 heteroatoms. The average molecular weight is 201 g/mol. The highest BCUT2D eigenvalue weighted by atomic mass is 16.5. The topological polar surface area (TPSA) is 29.5 Å². The first-order valence-corrected chi connectivity index (χ1v) is 5.59. The van der Waals surface area contributed by atoms with E-state index in [1.807, 2.05) is 20.8 Å². The third-order valence-electron chi connectivity index (χ3n) is 2.34. The van der Waals surface area contributed by atoms with Gasteiger partial charge in [-0.25, -0.2) is 0 Å². The molecule has 0 amide bonds. The molecule has 0 radical (unpaired) electrons. The van der Waals surface area contributed by atoms with E-state index in [0.29, 0.717) is 6.61 Å². The second-order valence-corrected chi connectivity index (χ2v) is 3.33. The van der Waals surface area contributed by atoms with E-state index in [-0.39, 0.29) is 11.9 Å². The molecule has 1 fully saturated rings. The Bertz CT molecular complexity index is 151. The molecule has 0 N–H and O–H groups in total. The Kier molecular flexibility index (Phi) is 7.48. The van der Waals surface area contributed by atoms with Gasteiger partial charge in [0.1, 0.15) is 0 Å². The summed E-state index contributed by atoms with van der Waals surface area (Å²) in [4.78, 5) is 13.5. The van der Waals surface area contributed by atoms with Gasteiger partial charge < -0.3 is 9.64 Å². The van der Waals surface area contributed by atoms with E-state index in [0.717, 1.165) is 25.9 Å². The molecule has 0 saturated carbocycles. The van der Waals surface area contributed by atoms with Gasteiger partial charge in [0, 0.05) is 0 Å². The zero-order valence-electron chi connectivity index (χ0n) is 9.88. The Morgan fingerprint density at radius 2 is 1.86 bits per heavy atom. The number of carbonyl (C=O) groups is 1. The molecule has 0 spiro atoms. The molecule has 0 aromatic heterocycles. The van der Waals surface area contributed by atoms with Crippen LogP contribution in [0.4, 0.5) is 0 Å². The van der Waals surface area contributed by atoms with Crippen molar-refractivity contribution in [2.45, 2.75) is 33.6 Å². The Balaban J connectivity index is 0.000000791. The molecule has 1 heterocycles.